The van der Waals surface area contributed by atoms with Gasteiger partial charge in [-0.05, 0) is 37.1 Å². The Morgan fingerprint density at radius 2 is 1.77 bits per heavy atom. The molecule has 1 N–H and O–H groups in total. The number of carbonyl (C=O) groups excluding carboxylic acids is 1. The van der Waals surface area contributed by atoms with Gasteiger partial charge in [0, 0.05) is 43.4 Å². The van der Waals surface area contributed by atoms with Crippen LogP contribution in [0.2, 0.25) is 5.02 Å². The molecule has 123 valence electrons. The second kappa shape index (κ2) is 14.5. The van der Waals surface area contributed by atoms with Crippen molar-refractivity contribution in [2.24, 2.45) is 0 Å². The van der Waals surface area contributed by atoms with Crippen LogP contribution in [0.5, 0.6) is 0 Å². The Bertz CT molecular complexity index is 410. The van der Waals surface area contributed by atoms with Crippen LogP contribution in [0.3, 0.4) is 0 Å². The molecule has 1 rings (SSSR count). The molecule has 22 heavy (non-hydrogen) atoms. The smallest absolute Gasteiger partial charge is 0.0868 e. The Morgan fingerprint density at radius 3 is 2.14 bits per heavy atom. The van der Waals surface area contributed by atoms with Crippen molar-refractivity contribution in [3.63, 3.8) is 0 Å². The molecule has 0 saturated heterocycles. The van der Waals surface area contributed by atoms with Crippen molar-refractivity contribution in [2.45, 2.75) is 59.8 Å². The average Bonchev–Trinajstić information content (AvgIpc) is 2.42. The Hall–Kier alpha value is -0.0461. The number of hydrogen-bond acceptors (Lipinski definition) is 1. The van der Waals surface area contributed by atoms with Gasteiger partial charge in [0.25, 0.3) is 0 Å². The van der Waals surface area contributed by atoms with Crippen molar-refractivity contribution in [1.82, 2.24) is 0 Å². The Morgan fingerprint density at radius 1 is 1.23 bits per heavy atom. The van der Waals surface area contributed by atoms with Crippen LogP contribution in [-0.4, -0.2) is 5.91 Å². The maximum absolute atomic E-state index is 11.6. The second-order valence-corrected chi connectivity index (χ2v) is 5.54. The van der Waals surface area contributed by atoms with Crippen LogP contribution >= 0.6 is 11.6 Å². The number of carbonyl (C=O) groups is 1. The fraction of sp³-hybridized carbons (Fsp3) is 0.500. The zero-order valence-corrected chi connectivity index (χ0v) is 17.9. The topological polar surface area (TPSA) is 29.1 Å². The summed E-state index contributed by atoms with van der Waals surface area (Å²) in [4.78, 5) is 11.6. The van der Waals surface area contributed by atoms with Gasteiger partial charge in [-0.3, -0.25) is 0 Å². The van der Waals surface area contributed by atoms with Gasteiger partial charge in [0.1, 0.15) is 0 Å². The van der Waals surface area contributed by atoms with Crippen molar-refractivity contribution in [1.29, 1.82) is 0 Å². The van der Waals surface area contributed by atoms with Gasteiger partial charge in [0.2, 0.25) is 0 Å². The third-order valence-electron chi connectivity index (χ3n) is 2.97. The van der Waals surface area contributed by atoms with Gasteiger partial charge in [0.15, 0.2) is 0 Å². The largest absolute Gasteiger partial charge is 0.351 e. The minimum absolute atomic E-state index is 0. The molecular formula is C18H28ClNOY-2. The van der Waals surface area contributed by atoms with E-state index in [1.54, 1.807) is 6.42 Å². The molecule has 1 amide bonds. The van der Waals surface area contributed by atoms with Gasteiger partial charge >= 0.3 is 0 Å². The molecule has 1 aromatic carbocycles. The predicted molar refractivity (Wildman–Crippen MR) is 93.6 cm³/mol. The first-order chi connectivity index (χ1) is 9.96. The van der Waals surface area contributed by atoms with E-state index >= 15 is 0 Å². The maximum atomic E-state index is 11.6. The first-order valence-corrected chi connectivity index (χ1v) is 8.04. The number of benzene rings is 1. The van der Waals surface area contributed by atoms with Crippen LogP contribution in [0.15, 0.2) is 12.1 Å². The SMILES string of the molecule is CCC[CH-]C(=O)Nc1c(C)cc(Cl)cc1C.[CH2-]CCCC.[Y]. The van der Waals surface area contributed by atoms with E-state index < -0.39 is 0 Å². The predicted octanol–water partition coefficient (Wildman–Crippen LogP) is 5.91. The van der Waals surface area contributed by atoms with Crippen LogP contribution in [0.4, 0.5) is 5.69 Å². The van der Waals surface area contributed by atoms with Crippen LogP contribution in [0.1, 0.15) is 57.1 Å². The molecule has 2 nitrogen and oxygen atoms in total. The van der Waals surface area contributed by atoms with Crippen molar-refractivity contribution >= 4 is 23.2 Å². The van der Waals surface area contributed by atoms with E-state index in [2.05, 4.69) is 19.2 Å². The minimum atomic E-state index is -0.0460. The van der Waals surface area contributed by atoms with E-state index in [-0.39, 0.29) is 38.6 Å². The molecule has 0 atom stereocenters. The van der Waals surface area contributed by atoms with Gasteiger partial charge in [0.05, 0.1) is 5.91 Å². The summed E-state index contributed by atoms with van der Waals surface area (Å²) >= 11 is 5.92. The van der Waals surface area contributed by atoms with Crippen LogP contribution < -0.4 is 5.32 Å². The third kappa shape index (κ3) is 10.6. The zero-order valence-electron chi connectivity index (χ0n) is 14.3. The molecule has 0 spiro atoms. The molecule has 0 unspecified atom stereocenters. The summed E-state index contributed by atoms with van der Waals surface area (Å²) in [6, 6.07) is 3.70. The van der Waals surface area contributed by atoms with E-state index in [0.29, 0.717) is 5.02 Å². The van der Waals surface area contributed by atoms with Gasteiger partial charge in [-0.25, -0.2) is 0 Å². The Balaban J connectivity index is 0. The molecule has 0 heterocycles. The molecule has 0 aromatic heterocycles. The Labute approximate surface area is 166 Å². The van der Waals surface area contributed by atoms with Gasteiger partial charge in [-0.15, -0.1) is 0 Å². The number of hydrogen-bond donors (Lipinski definition) is 1. The van der Waals surface area contributed by atoms with Crippen molar-refractivity contribution in [2.75, 3.05) is 5.32 Å². The van der Waals surface area contributed by atoms with E-state index in [9.17, 15) is 4.79 Å². The molecule has 0 aliphatic carbocycles. The summed E-state index contributed by atoms with van der Waals surface area (Å²) in [5, 5.41) is 3.59. The van der Waals surface area contributed by atoms with Crippen molar-refractivity contribution in [3.8, 4) is 0 Å². The fourth-order valence-electron chi connectivity index (χ4n) is 1.81. The number of unbranched alkanes of at least 4 members (excludes halogenated alkanes) is 3. The quantitative estimate of drug-likeness (QED) is 0.593. The number of halogens is 1. The molecule has 0 aliphatic rings. The molecule has 1 aromatic rings. The van der Waals surface area contributed by atoms with Crippen molar-refractivity contribution in [3.05, 3.63) is 41.6 Å². The van der Waals surface area contributed by atoms with Crippen LogP contribution in [0.25, 0.3) is 0 Å². The fourth-order valence-corrected chi connectivity index (χ4v) is 2.13. The van der Waals surface area contributed by atoms with E-state index in [0.717, 1.165) is 36.1 Å². The van der Waals surface area contributed by atoms with Crippen LogP contribution in [-0.2, 0) is 37.5 Å². The number of amides is 1. The second-order valence-electron chi connectivity index (χ2n) is 5.10. The number of nitrogens with one attached hydrogen (secondary N) is 1. The minimum Gasteiger partial charge on any atom is -0.351 e. The molecule has 4 heteroatoms. The Kier molecular flexibility index (Phi) is 16.0. The molecule has 1 radical (unpaired) electrons. The average molecular weight is 399 g/mol. The number of aryl methyl sites for hydroxylation is 2. The van der Waals surface area contributed by atoms with E-state index in [4.69, 9.17) is 11.6 Å². The summed E-state index contributed by atoms with van der Waals surface area (Å²) in [5.74, 6) is -0.0460. The normalized spacial score (nSPS) is 9.18. The standard InChI is InChI=1S/C13H17ClNO.C5H11.Y/c1-4-5-6-12(16)15-13-9(2)7-11(14)8-10(13)3;1-3-5-4-2;/h6-8H,4-5H2,1-3H3,(H,15,16);1,3-5H2,2H3;/q2*-1;. The summed E-state index contributed by atoms with van der Waals surface area (Å²) in [7, 11) is 0. The van der Waals surface area contributed by atoms with Gasteiger partial charge in [-0.1, -0.05) is 44.7 Å². The van der Waals surface area contributed by atoms with Crippen molar-refractivity contribution < 1.29 is 37.5 Å². The van der Waals surface area contributed by atoms with E-state index in [1.807, 2.05) is 32.9 Å². The first-order valence-electron chi connectivity index (χ1n) is 7.66. The molecular weight excluding hydrogens is 371 g/mol. The van der Waals surface area contributed by atoms with Gasteiger partial charge in [-0.2, -0.15) is 12.8 Å². The summed E-state index contributed by atoms with van der Waals surface area (Å²) in [6.07, 6.45) is 7.11. The van der Waals surface area contributed by atoms with E-state index in [1.165, 1.54) is 12.8 Å². The molecule has 0 saturated carbocycles. The first kappa shape index (κ1) is 24.2. The summed E-state index contributed by atoms with van der Waals surface area (Å²) in [5.41, 5.74) is 2.84. The zero-order chi connectivity index (χ0) is 16.3. The molecule has 0 fully saturated rings. The number of anilines is 1. The summed E-state index contributed by atoms with van der Waals surface area (Å²) in [6.45, 7) is 11.8. The van der Waals surface area contributed by atoms with Gasteiger partial charge < -0.3 is 23.5 Å². The number of rotatable bonds is 6. The monoisotopic (exact) mass is 398 g/mol. The molecule has 0 bridgehead atoms. The third-order valence-corrected chi connectivity index (χ3v) is 3.19. The summed E-state index contributed by atoms with van der Waals surface area (Å²) < 4.78 is 0. The van der Waals surface area contributed by atoms with Crippen LogP contribution in [0, 0.1) is 27.2 Å². The maximum Gasteiger partial charge on any atom is 0.0868 e. The molecule has 0 aliphatic heterocycles.